The lowest BCUT2D eigenvalue weighted by Gasteiger charge is -2.38. The number of ketones is 1. The van der Waals surface area contributed by atoms with Gasteiger partial charge in [0.15, 0.2) is 5.78 Å². The number of carbonyl (C=O) groups is 1. The van der Waals surface area contributed by atoms with Crippen LogP contribution in [0.3, 0.4) is 0 Å². The molecular formula is C13H15NO. The number of nitrogens with zero attached hydrogens (tertiary/aromatic N) is 1. The Balaban J connectivity index is 2.22. The molecule has 2 aliphatic heterocycles. The van der Waals surface area contributed by atoms with Crippen LogP contribution < -0.4 is 4.90 Å². The number of hydrogen-bond donors (Lipinski definition) is 0. The molecule has 0 amide bonds. The van der Waals surface area contributed by atoms with Crippen LogP contribution in [0.25, 0.3) is 0 Å². The SMILES string of the molecule is CC1CN2CCCc3cccc(c32)C1=O. The van der Waals surface area contributed by atoms with Gasteiger partial charge < -0.3 is 4.90 Å². The van der Waals surface area contributed by atoms with Gasteiger partial charge in [-0.25, -0.2) is 0 Å². The van der Waals surface area contributed by atoms with Crippen LogP contribution in [0, 0.1) is 5.92 Å². The summed E-state index contributed by atoms with van der Waals surface area (Å²) in [4.78, 5) is 14.4. The molecule has 0 saturated heterocycles. The average molecular weight is 201 g/mol. The van der Waals surface area contributed by atoms with Gasteiger partial charge in [-0.05, 0) is 24.5 Å². The van der Waals surface area contributed by atoms with Gasteiger partial charge in [-0.3, -0.25) is 4.79 Å². The second-order valence-corrected chi connectivity index (χ2v) is 4.63. The van der Waals surface area contributed by atoms with Crippen LogP contribution in [-0.2, 0) is 6.42 Å². The number of carbonyl (C=O) groups excluding carboxylic acids is 1. The summed E-state index contributed by atoms with van der Waals surface area (Å²) in [5, 5.41) is 0. The first-order valence-electron chi connectivity index (χ1n) is 5.68. The lowest BCUT2D eigenvalue weighted by atomic mass is 9.87. The van der Waals surface area contributed by atoms with Crippen LogP contribution in [0.2, 0.25) is 0 Å². The van der Waals surface area contributed by atoms with Crippen molar-refractivity contribution >= 4 is 11.5 Å². The lowest BCUT2D eigenvalue weighted by molar-refractivity contribution is 0.0925. The Morgan fingerprint density at radius 2 is 2.27 bits per heavy atom. The van der Waals surface area contributed by atoms with Crippen LogP contribution in [-0.4, -0.2) is 18.9 Å². The molecule has 1 atom stereocenters. The number of para-hydroxylation sites is 1. The maximum Gasteiger partial charge on any atom is 0.169 e. The van der Waals surface area contributed by atoms with E-state index in [9.17, 15) is 4.79 Å². The molecule has 0 aliphatic carbocycles. The van der Waals surface area contributed by atoms with E-state index in [4.69, 9.17) is 0 Å². The highest BCUT2D eigenvalue weighted by Gasteiger charge is 2.31. The molecule has 0 fully saturated rings. The number of aryl methyl sites for hydroxylation is 1. The van der Waals surface area contributed by atoms with E-state index < -0.39 is 0 Å². The van der Waals surface area contributed by atoms with Crippen molar-refractivity contribution in [1.82, 2.24) is 0 Å². The summed E-state index contributed by atoms with van der Waals surface area (Å²) in [6.07, 6.45) is 2.35. The van der Waals surface area contributed by atoms with Gasteiger partial charge in [-0.2, -0.15) is 0 Å². The zero-order valence-electron chi connectivity index (χ0n) is 8.99. The Kier molecular flexibility index (Phi) is 1.84. The van der Waals surface area contributed by atoms with Crippen LogP contribution in [0.1, 0.15) is 29.3 Å². The van der Waals surface area contributed by atoms with Gasteiger partial charge in [-0.1, -0.05) is 19.1 Å². The van der Waals surface area contributed by atoms with Crippen LogP contribution >= 0.6 is 0 Å². The van der Waals surface area contributed by atoms with Crippen molar-refractivity contribution in [3.05, 3.63) is 29.3 Å². The summed E-state index contributed by atoms with van der Waals surface area (Å²) in [5.41, 5.74) is 3.54. The van der Waals surface area contributed by atoms with E-state index in [1.54, 1.807) is 0 Å². The predicted molar refractivity (Wildman–Crippen MR) is 60.5 cm³/mol. The molecule has 15 heavy (non-hydrogen) atoms. The Hall–Kier alpha value is -1.31. The Labute approximate surface area is 89.9 Å². The highest BCUT2D eigenvalue weighted by molar-refractivity contribution is 6.05. The molecular weight excluding hydrogens is 186 g/mol. The molecule has 78 valence electrons. The number of Topliss-reactive ketones (excluding diaryl/α,β-unsaturated/α-hetero) is 1. The molecule has 1 unspecified atom stereocenters. The zero-order valence-corrected chi connectivity index (χ0v) is 8.99. The summed E-state index contributed by atoms with van der Waals surface area (Å²) < 4.78 is 0. The fraction of sp³-hybridized carbons (Fsp3) is 0.462. The van der Waals surface area contributed by atoms with Crippen molar-refractivity contribution in [2.24, 2.45) is 5.92 Å². The third-order valence-electron chi connectivity index (χ3n) is 3.52. The van der Waals surface area contributed by atoms with Gasteiger partial charge in [0.05, 0.1) is 5.69 Å². The largest absolute Gasteiger partial charge is 0.370 e. The highest BCUT2D eigenvalue weighted by Crippen LogP contribution is 2.36. The van der Waals surface area contributed by atoms with E-state index in [1.807, 2.05) is 19.1 Å². The lowest BCUT2D eigenvalue weighted by Crippen LogP contribution is -2.41. The number of benzene rings is 1. The highest BCUT2D eigenvalue weighted by atomic mass is 16.1. The first-order valence-corrected chi connectivity index (χ1v) is 5.68. The molecule has 0 saturated carbocycles. The normalized spacial score (nSPS) is 23.9. The van der Waals surface area contributed by atoms with Crippen molar-refractivity contribution in [3.8, 4) is 0 Å². The van der Waals surface area contributed by atoms with Gasteiger partial charge in [0.2, 0.25) is 0 Å². The molecule has 2 heteroatoms. The molecule has 0 aromatic heterocycles. The Morgan fingerprint density at radius 1 is 1.40 bits per heavy atom. The summed E-state index contributed by atoms with van der Waals surface area (Å²) in [7, 11) is 0. The fourth-order valence-corrected chi connectivity index (χ4v) is 2.80. The number of hydrogen-bond acceptors (Lipinski definition) is 2. The van der Waals surface area contributed by atoms with Crippen molar-refractivity contribution in [2.75, 3.05) is 18.0 Å². The van der Waals surface area contributed by atoms with Crippen molar-refractivity contribution < 1.29 is 4.79 Å². The van der Waals surface area contributed by atoms with E-state index in [0.29, 0.717) is 5.78 Å². The summed E-state index contributed by atoms with van der Waals surface area (Å²) in [6, 6.07) is 6.16. The molecule has 2 heterocycles. The third-order valence-corrected chi connectivity index (χ3v) is 3.52. The first-order chi connectivity index (χ1) is 7.27. The molecule has 1 aromatic rings. The number of rotatable bonds is 0. The Morgan fingerprint density at radius 3 is 3.13 bits per heavy atom. The van der Waals surface area contributed by atoms with Gasteiger partial charge >= 0.3 is 0 Å². The van der Waals surface area contributed by atoms with Crippen molar-refractivity contribution in [3.63, 3.8) is 0 Å². The fourth-order valence-electron chi connectivity index (χ4n) is 2.80. The van der Waals surface area contributed by atoms with E-state index in [1.165, 1.54) is 17.7 Å². The standard InChI is InChI=1S/C13H15NO/c1-9-8-14-7-3-5-10-4-2-6-11(12(10)14)13(9)15/h2,4,6,9H,3,5,7-8H2,1H3. The van der Waals surface area contributed by atoms with Gasteiger partial charge in [0.1, 0.15) is 0 Å². The minimum atomic E-state index is 0.158. The first kappa shape index (κ1) is 8.96. The van der Waals surface area contributed by atoms with Gasteiger partial charge in [0.25, 0.3) is 0 Å². The quantitative estimate of drug-likeness (QED) is 0.641. The predicted octanol–water partition coefficient (Wildman–Crippen LogP) is 2.27. The second-order valence-electron chi connectivity index (χ2n) is 4.63. The van der Waals surface area contributed by atoms with E-state index >= 15 is 0 Å². The number of anilines is 1. The van der Waals surface area contributed by atoms with Crippen molar-refractivity contribution in [2.45, 2.75) is 19.8 Å². The van der Waals surface area contributed by atoms with Crippen LogP contribution in [0.15, 0.2) is 18.2 Å². The van der Waals surface area contributed by atoms with Gasteiger partial charge in [-0.15, -0.1) is 0 Å². The summed E-state index contributed by atoms with van der Waals surface area (Å²) >= 11 is 0. The van der Waals surface area contributed by atoms with E-state index in [0.717, 1.165) is 25.1 Å². The topological polar surface area (TPSA) is 20.3 Å². The molecule has 0 spiro atoms. The van der Waals surface area contributed by atoms with Crippen LogP contribution in [0.5, 0.6) is 0 Å². The molecule has 0 bridgehead atoms. The smallest absolute Gasteiger partial charge is 0.169 e. The third kappa shape index (κ3) is 1.21. The Bertz CT molecular complexity index is 425. The summed E-state index contributed by atoms with van der Waals surface area (Å²) in [6.45, 7) is 4.05. The molecule has 3 rings (SSSR count). The minimum absolute atomic E-state index is 0.158. The zero-order chi connectivity index (χ0) is 10.4. The molecule has 2 aliphatic rings. The molecule has 1 aromatic carbocycles. The second kappa shape index (κ2) is 3.09. The molecule has 2 nitrogen and oxygen atoms in total. The van der Waals surface area contributed by atoms with Crippen molar-refractivity contribution in [1.29, 1.82) is 0 Å². The van der Waals surface area contributed by atoms with E-state index in [-0.39, 0.29) is 5.92 Å². The maximum atomic E-state index is 12.0. The molecule has 0 N–H and O–H groups in total. The van der Waals surface area contributed by atoms with Gasteiger partial charge in [0, 0.05) is 24.6 Å². The van der Waals surface area contributed by atoms with Crippen LogP contribution in [0.4, 0.5) is 5.69 Å². The average Bonchev–Trinajstić information content (AvgIpc) is 2.26. The maximum absolute atomic E-state index is 12.0. The van der Waals surface area contributed by atoms with E-state index in [2.05, 4.69) is 11.0 Å². The monoisotopic (exact) mass is 201 g/mol. The minimum Gasteiger partial charge on any atom is -0.370 e. The molecule has 0 radical (unpaired) electrons. The summed E-state index contributed by atoms with van der Waals surface area (Å²) in [5.74, 6) is 0.482.